The van der Waals surface area contributed by atoms with Crippen LogP contribution in [0.2, 0.25) is 0 Å². The lowest BCUT2D eigenvalue weighted by Crippen LogP contribution is -2.20. The van der Waals surface area contributed by atoms with Crippen LogP contribution in [-0.2, 0) is 10.0 Å². The van der Waals surface area contributed by atoms with E-state index in [1.807, 2.05) is 0 Å². The molecule has 2 atom stereocenters. The number of rotatable bonds is 1. The van der Waals surface area contributed by atoms with Crippen molar-refractivity contribution in [2.75, 3.05) is 11.3 Å². The van der Waals surface area contributed by atoms with Gasteiger partial charge in [-0.2, -0.15) is 0 Å². The lowest BCUT2D eigenvalue weighted by atomic mass is 10.2. The Morgan fingerprint density at radius 3 is 2.84 bits per heavy atom. The number of aromatic carboxylic acids is 1. The largest absolute Gasteiger partial charge is 0.493 e. The standard InChI is InChI=1S/C11H11NO5S.CH4/c13-11(14)8-2-1-7-4-9(8)12-18(15,16)10-3-6(10)5-17-7;/h1-2,4,6,10,12H,3,5H2,(H,13,14);1H4. The van der Waals surface area contributed by atoms with Crippen LogP contribution < -0.4 is 9.46 Å². The molecule has 104 valence electrons. The molecule has 19 heavy (non-hydrogen) atoms. The fourth-order valence-electron chi connectivity index (χ4n) is 2.09. The predicted octanol–water partition coefficient (Wildman–Crippen LogP) is 1.54. The van der Waals surface area contributed by atoms with E-state index in [1.165, 1.54) is 18.2 Å². The third-order valence-corrected chi connectivity index (χ3v) is 5.07. The molecule has 0 radical (unpaired) electrons. The van der Waals surface area contributed by atoms with E-state index >= 15 is 0 Å². The average molecular weight is 285 g/mol. The minimum absolute atomic E-state index is 0. The van der Waals surface area contributed by atoms with E-state index in [0.717, 1.165) is 0 Å². The van der Waals surface area contributed by atoms with E-state index in [1.54, 1.807) is 0 Å². The van der Waals surface area contributed by atoms with Crippen LogP contribution in [0.25, 0.3) is 0 Å². The third-order valence-electron chi connectivity index (χ3n) is 3.19. The average Bonchev–Trinajstić information content (AvgIpc) is 3.04. The van der Waals surface area contributed by atoms with Gasteiger partial charge in [-0.15, -0.1) is 0 Å². The molecule has 6 nitrogen and oxygen atoms in total. The zero-order valence-corrected chi connectivity index (χ0v) is 10.1. The van der Waals surface area contributed by atoms with Crippen molar-refractivity contribution in [1.29, 1.82) is 0 Å². The predicted molar refractivity (Wildman–Crippen MR) is 70.1 cm³/mol. The Hall–Kier alpha value is -1.76. The van der Waals surface area contributed by atoms with E-state index in [2.05, 4.69) is 4.72 Å². The first-order valence-corrected chi connectivity index (χ1v) is 7.04. The summed E-state index contributed by atoms with van der Waals surface area (Å²) in [4.78, 5) is 11.0. The fourth-order valence-corrected chi connectivity index (χ4v) is 3.80. The summed E-state index contributed by atoms with van der Waals surface area (Å²) >= 11 is 0. The Kier molecular flexibility index (Phi) is 3.17. The van der Waals surface area contributed by atoms with Gasteiger partial charge in [0.2, 0.25) is 10.0 Å². The highest BCUT2D eigenvalue weighted by molar-refractivity contribution is 7.93. The van der Waals surface area contributed by atoms with Crippen LogP contribution in [-0.4, -0.2) is 31.4 Å². The van der Waals surface area contributed by atoms with Crippen LogP contribution in [0.15, 0.2) is 18.2 Å². The molecule has 0 aromatic heterocycles. The first-order chi connectivity index (χ1) is 8.47. The minimum atomic E-state index is -3.52. The lowest BCUT2D eigenvalue weighted by Gasteiger charge is -2.10. The summed E-state index contributed by atoms with van der Waals surface area (Å²) in [5.74, 6) is -0.707. The van der Waals surface area contributed by atoms with Crippen molar-refractivity contribution < 1.29 is 23.1 Å². The molecular formula is C12H15NO5S. The van der Waals surface area contributed by atoms with Gasteiger partial charge in [-0.3, -0.25) is 4.72 Å². The number of fused-ring (bicyclic) bond motifs is 3. The highest BCUT2D eigenvalue weighted by Crippen LogP contribution is 2.40. The molecule has 2 aliphatic rings. The van der Waals surface area contributed by atoms with Gasteiger partial charge in [-0.25, -0.2) is 13.2 Å². The number of carbonyl (C=O) groups is 1. The summed E-state index contributed by atoms with van der Waals surface area (Å²) in [6.45, 7) is 0.345. The molecule has 2 N–H and O–H groups in total. The van der Waals surface area contributed by atoms with E-state index < -0.39 is 21.2 Å². The molecule has 0 spiro atoms. The van der Waals surface area contributed by atoms with Crippen molar-refractivity contribution in [2.45, 2.75) is 19.1 Å². The van der Waals surface area contributed by atoms with Gasteiger partial charge in [-0.05, 0) is 18.6 Å². The van der Waals surface area contributed by atoms with E-state index in [9.17, 15) is 13.2 Å². The third kappa shape index (κ3) is 2.37. The number of hydrogen-bond acceptors (Lipinski definition) is 4. The first kappa shape index (κ1) is 13.7. The number of benzene rings is 1. The molecule has 2 bridgehead atoms. The van der Waals surface area contributed by atoms with Gasteiger partial charge in [0.25, 0.3) is 0 Å². The van der Waals surface area contributed by atoms with E-state index in [-0.39, 0.29) is 24.6 Å². The Balaban J connectivity index is 0.00000133. The molecule has 2 unspecified atom stereocenters. The topological polar surface area (TPSA) is 92.7 Å². The maximum Gasteiger partial charge on any atom is 0.337 e. The zero-order chi connectivity index (χ0) is 12.9. The molecule has 0 saturated heterocycles. The molecular weight excluding hydrogens is 270 g/mol. The Morgan fingerprint density at radius 2 is 2.16 bits per heavy atom. The van der Waals surface area contributed by atoms with Crippen LogP contribution >= 0.6 is 0 Å². The molecule has 1 aliphatic carbocycles. The Morgan fingerprint density at radius 1 is 1.42 bits per heavy atom. The van der Waals surface area contributed by atoms with Crippen LogP contribution in [0.4, 0.5) is 5.69 Å². The van der Waals surface area contributed by atoms with Crippen molar-refractivity contribution in [1.82, 2.24) is 0 Å². The molecule has 1 saturated carbocycles. The molecule has 1 aromatic rings. The molecule has 3 rings (SSSR count). The monoisotopic (exact) mass is 285 g/mol. The quantitative estimate of drug-likeness (QED) is 0.816. The van der Waals surface area contributed by atoms with Crippen molar-refractivity contribution in [3.05, 3.63) is 23.8 Å². The summed E-state index contributed by atoms with van der Waals surface area (Å²) in [7, 11) is -3.52. The van der Waals surface area contributed by atoms with Crippen molar-refractivity contribution in [3.63, 3.8) is 0 Å². The van der Waals surface area contributed by atoms with Crippen LogP contribution in [0.1, 0.15) is 24.2 Å². The van der Waals surface area contributed by atoms with Gasteiger partial charge in [0.05, 0.1) is 23.1 Å². The van der Waals surface area contributed by atoms with Crippen LogP contribution in [0, 0.1) is 5.92 Å². The van der Waals surface area contributed by atoms with Gasteiger partial charge in [-0.1, -0.05) is 7.43 Å². The summed E-state index contributed by atoms with van der Waals surface area (Å²) in [6.07, 6.45) is 0.558. The smallest absolute Gasteiger partial charge is 0.337 e. The van der Waals surface area contributed by atoms with Gasteiger partial charge < -0.3 is 9.84 Å². The molecule has 1 aliphatic heterocycles. The summed E-state index contributed by atoms with van der Waals surface area (Å²) < 4.78 is 31.7. The number of ether oxygens (including phenoxy) is 1. The van der Waals surface area contributed by atoms with Crippen molar-refractivity contribution >= 4 is 21.7 Å². The summed E-state index contributed by atoms with van der Waals surface area (Å²) in [6, 6.07) is 4.28. The van der Waals surface area contributed by atoms with Crippen LogP contribution in [0.3, 0.4) is 0 Å². The highest BCUT2D eigenvalue weighted by atomic mass is 32.2. The summed E-state index contributed by atoms with van der Waals surface area (Å²) in [5, 5.41) is 8.54. The van der Waals surface area contributed by atoms with Crippen molar-refractivity contribution in [3.8, 4) is 5.75 Å². The highest BCUT2D eigenvalue weighted by Gasteiger charge is 2.48. The van der Waals surface area contributed by atoms with Crippen molar-refractivity contribution in [2.24, 2.45) is 5.92 Å². The number of carboxylic acid groups (broad SMARTS) is 1. The number of sulfonamides is 1. The number of carboxylic acids is 1. The molecule has 0 amide bonds. The van der Waals surface area contributed by atoms with E-state index in [0.29, 0.717) is 18.8 Å². The second-order valence-electron chi connectivity index (χ2n) is 4.50. The fraction of sp³-hybridized carbons (Fsp3) is 0.417. The lowest BCUT2D eigenvalue weighted by molar-refractivity contribution is 0.0698. The number of hydrogen-bond donors (Lipinski definition) is 2. The molecule has 7 heteroatoms. The number of nitrogens with one attached hydrogen (secondary N) is 1. The van der Waals surface area contributed by atoms with Gasteiger partial charge >= 0.3 is 5.97 Å². The Labute approximate surface area is 111 Å². The minimum Gasteiger partial charge on any atom is -0.493 e. The van der Waals surface area contributed by atoms with Gasteiger partial charge in [0.15, 0.2) is 0 Å². The maximum absolute atomic E-state index is 12.0. The van der Waals surface area contributed by atoms with Crippen LogP contribution in [0.5, 0.6) is 5.75 Å². The second kappa shape index (κ2) is 4.41. The summed E-state index contributed by atoms with van der Waals surface area (Å²) in [5.41, 5.74) is -0.0161. The number of anilines is 1. The van der Waals surface area contributed by atoms with Gasteiger partial charge in [0.1, 0.15) is 5.75 Å². The van der Waals surface area contributed by atoms with Gasteiger partial charge in [0, 0.05) is 12.0 Å². The molecule has 1 heterocycles. The molecule has 1 fully saturated rings. The SMILES string of the molecule is C.O=C(O)c1ccc2cc1NS(=O)(=O)C1CC1CO2. The first-order valence-electron chi connectivity index (χ1n) is 5.49. The van der Waals surface area contributed by atoms with E-state index in [4.69, 9.17) is 9.84 Å². The Bertz CT molecular complexity index is 625. The normalized spacial score (nSPS) is 26.1. The maximum atomic E-state index is 12.0. The second-order valence-corrected chi connectivity index (χ2v) is 6.40. The molecule has 1 aromatic carbocycles. The zero-order valence-electron chi connectivity index (χ0n) is 9.29.